The van der Waals surface area contributed by atoms with Crippen LogP contribution in [0.25, 0.3) is 71.7 Å². The van der Waals surface area contributed by atoms with Gasteiger partial charge in [-0.05, 0) is 116 Å². The third kappa shape index (κ3) is 5.22. The van der Waals surface area contributed by atoms with Crippen LogP contribution in [0.4, 0.5) is 0 Å². The second kappa shape index (κ2) is 12.0. The third-order valence-corrected chi connectivity index (χ3v) is 10.1. The molecule has 5 heteroatoms. The summed E-state index contributed by atoms with van der Waals surface area (Å²) in [6.07, 6.45) is 6.42. The lowest BCUT2D eigenvalue weighted by Crippen LogP contribution is -2.35. The van der Waals surface area contributed by atoms with Crippen molar-refractivity contribution in [2.24, 2.45) is 5.10 Å². The Balaban J connectivity index is 0.931. The lowest BCUT2D eigenvalue weighted by atomic mass is 9.96. The summed E-state index contributed by atoms with van der Waals surface area (Å²) in [6, 6.07) is 54.9. The van der Waals surface area contributed by atoms with Gasteiger partial charge in [-0.1, -0.05) is 103 Å². The highest BCUT2D eigenvalue weighted by atomic mass is 16.3. The molecular formula is C47H30N4O. The SMILES string of the molecule is N#Cc1ccc(-c2ccc3oc4ccc(-c5ccc6cc(-c7cccc(C8=NN9C=C(c%10ccccc%10)C=CC9N8)c7)ccc6c5)cc4c3c2)cc1. The summed E-state index contributed by atoms with van der Waals surface area (Å²) in [5.74, 6) is 0.861. The number of fused-ring (bicyclic) bond motifs is 5. The highest BCUT2D eigenvalue weighted by molar-refractivity contribution is 6.08. The average Bonchev–Trinajstić information content (AvgIpc) is 3.82. The zero-order chi connectivity index (χ0) is 34.6. The molecule has 0 bridgehead atoms. The van der Waals surface area contributed by atoms with Gasteiger partial charge in [0.15, 0.2) is 5.84 Å². The number of hydrogen-bond acceptors (Lipinski definition) is 5. The molecule has 1 N–H and O–H groups in total. The van der Waals surface area contributed by atoms with Gasteiger partial charge >= 0.3 is 0 Å². The Labute approximate surface area is 300 Å². The molecule has 1 atom stereocenters. The molecule has 244 valence electrons. The summed E-state index contributed by atoms with van der Waals surface area (Å²) >= 11 is 0. The van der Waals surface area contributed by atoms with Crippen molar-refractivity contribution in [3.05, 3.63) is 187 Å². The molecule has 2 aliphatic heterocycles. The van der Waals surface area contributed by atoms with Crippen LogP contribution in [0, 0.1) is 11.3 Å². The van der Waals surface area contributed by atoms with Gasteiger partial charge in [-0.3, -0.25) is 0 Å². The van der Waals surface area contributed by atoms with Gasteiger partial charge < -0.3 is 9.73 Å². The Bertz CT molecular complexity index is 2840. The summed E-state index contributed by atoms with van der Waals surface area (Å²) in [6.45, 7) is 0. The molecule has 1 unspecified atom stereocenters. The van der Waals surface area contributed by atoms with E-state index in [2.05, 4.69) is 145 Å². The van der Waals surface area contributed by atoms with E-state index >= 15 is 0 Å². The number of nitrogens with one attached hydrogen (secondary N) is 1. The van der Waals surface area contributed by atoms with E-state index in [4.69, 9.17) is 9.52 Å². The Morgan fingerprint density at radius 3 is 1.83 bits per heavy atom. The van der Waals surface area contributed by atoms with Crippen LogP contribution in [-0.4, -0.2) is 17.0 Å². The van der Waals surface area contributed by atoms with Crippen LogP contribution in [0.15, 0.2) is 180 Å². The molecule has 0 amide bonds. The van der Waals surface area contributed by atoms with E-state index in [9.17, 15) is 5.26 Å². The van der Waals surface area contributed by atoms with Gasteiger partial charge in [0.05, 0.1) is 11.6 Å². The van der Waals surface area contributed by atoms with Crippen molar-refractivity contribution >= 4 is 44.1 Å². The Hall–Kier alpha value is -7.16. The van der Waals surface area contributed by atoms with Gasteiger partial charge in [-0.2, -0.15) is 10.4 Å². The Morgan fingerprint density at radius 1 is 0.558 bits per heavy atom. The van der Waals surface area contributed by atoms with Gasteiger partial charge in [0, 0.05) is 22.5 Å². The smallest absolute Gasteiger partial charge is 0.155 e. The summed E-state index contributed by atoms with van der Waals surface area (Å²) in [5, 5.41) is 24.2. The normalized spacial score (nSPS) is 15.0. The minimum Gasteiger partial charge on any atom is -0.456 e. The maximum atomic E-state index is 9.20. The predicted molar refractivity (Wildman–Crippen MR) is 211 cm³/mol. The summed E-state index contributed by atoms with van der Waals surface area (Å²) in [4.78, 5) is 0. The number of nitrogens with zero attached hydrogens (tertiary/aromatic N) is 3. The lowest BCUT2D eigenvalue weighted by molar-refractivity contribution is 0.351. The first-order valence-corrected chi connectivity index (χ1v) is 17.4. The third-order valence-electron chi connectivity index (χ3n) is 10.1. The monoisotopic (exact) mass is 666 g/mol. The molecule has 0 aliphatic carbocycles. The first kappa shape index (κ1) is 29.7. The van der Waals surface area contributed by atoms with Crippen molar-refractivity contribution in [3.8, 4) is 39.4 Å². The fourth-order valence-corrected chi connectivity index (χ4v) is 7.31. The van der Waals surface area contributed by atoms with E-state index in [1.54, 1.807) is 0 Å². The molecule has 0 fully saturated rings. The average molecular weight is 667 g/mol. The molecule has 0 spiro atoms. The molecule has 2 aliphatic rings. The molecule has 8 aromatic rings. The molecule has 3 heterocycles. The zero-order valence-electron chi connectivity index (χ0n) is 28.0. The molecule has 1 aromatic heterocycles. The van der Waals surface area contributed by atoms with Crippen LogP contribution < -0.4 is 5.32 Å². The Morgan fingerprint density at radius 2 is 1.13 bits per heavy atom. The van der Waals surface area contributed by atoms with Gasteiger partial charge in [-0.15, -0.1) is 0 Å². The minimum absolute atomic E-state index is 0.000276. The number of allylic oxidation sites excluding steroid dienone is 2. The van der Waals surface area contributed by atoms with Crippen LogP contribution >= 0.6 is 0 Å². The van der Waals surface area contributed by atoms with Crippen LogP contribution in [0.5, 0.6) is 0 Å². The number of furan rings is 1. The van der Waals surface area contributed by atoms with E-state index in [-0.39, 0.29) is 6.17 Å². The fraction of sp³-hybridized carbons (Fsp3) is 0.0213. The standard InChI is InChI=1S/C47H30N4O/c48-28-30-9-11-32(12-10-30)38-17-20-44-42(26-38)43-27-39(18-21-45(43)52-44)37-16-15-35-23-34(13-14-36(35)24-37)33-7-4-8-40(25-33)47-49-46-22-19-41(29-51(46)50-47)31-5-2-1-3-6-31/h1-27,29,46H,(H,49,50). The van der Waals surface area contributed by atoms with Crippen LogP contribution in [0.1, 0.15) is 16.7 Å². The molecule has 52 heavy (non-hydrogen) atoms. The van der Waals surface area contributed by atoms with Crippen molar-refractivity contribution in [2.45, 2.75) is 6.17 Å². The number of hydrogen-bond donors (Lipinski definition) is 1. The molecule has 5 nitrogen and oxygen atoms in total. The Kier molecular flexibility index (Phi) is 6.87. The van der Waals surface area contributed by atoms with E-state index < -0.39 is 0 Å². The quantitative estimate of drug-likeness (QED) is 0.199. The zero-order valence-corrected chi connectivity index (χ0v) is 28.0. The van der Waals surface area contributed by atoms with Crippen molar-refractivity contribution < 1.29 is 4.42 Å². The van der Waals surface area contributed by atoms with E-state index in [0.717, 1.165) is 72.3 Å². The number of hydrazone groups is 1. The number of amidine groups is 1. The largest absolute Gasteiger partial charge is 0.456 e. The highest BCUT2D eigenvalue weighted by Crippen LogP contribution is 2.36. The van der Waals surface area contributed by atoms with E-state index in [0.29, 0.717) is 5.56 Å². The first-order valence-electron chi connectivity index (χ1n) is 17.4. The van der Waals surface area contributed by atoms with Gasteiger partial charge in [-0.25, -0.2) is 5.01 Å². The lowest BCUT2D eigenvalue weighted by Gasteiger charge is -2.21. The van der Waals surface area contributed by atoms with Gasteiger partial charge in [0.25, 0.3) is 0 Å². The van der Waals surface area contributed by atoms with Crippen LogP contribution in [0.2, 0.25) is 0 Å². The van der Waals surface area contributed by atoms with Crippen LogP contribution in [0.3, 0.4) is 0 Å². The predicted octanol–water partition coefficient (Wildman–Crippen LogP) is 11.1. The molecule has 0 radical (unpaired) electrons. The molecule has 0 saturated heterocycles. The maximum absolute atomic E-state index is 9.20. The molecule has 7 aromatic carbocycles. The number of benzene rings is 7. The highest BCUT2D eigenvalue weighted by Gasteiger charge is 2.26. The topological polar surface area (TPSA) is 64.6 Å². The molecular weight excluding hydrogens is 637 g/mol. The number of nitriles is 1. The first-order chi connectivity index (χ1) is 25.6. The minimum atomic E-state index is 0.000276. The van der Waals surface area contributed by atoms with Gasteiger partial charge in [0.2, 0.25) is 0 Å². The fourth-order valence-electron chi connectivity index (χ4n) is 7.31. The van der Waals surface area contributed by atoms with Crippen molar-refractivity contribution in [1.29, 1.82) is 5.26 Å². The summed E-state index contributed by atoms with van der Waals surface area (Å²) < 4.78 is 6.22. The second-order valence-corrected chi connectivity index (χ2v) is 13.3. The van der Waals surface area contributed by atoms with Crippen molar-refractivity contribution in [1.82, 2.24) is 10.3 Å². The number of rotatable bonds is 5. The van der Waals surface area contributed by atoms with E-state index in [1.165, 1.54) is 16.3 Å². The summed E-state index contributed by atoms with van der Waals surface area (Å²) in [7, 11) is 0. The summed E-state index contributed by atoms with van der Waals surface area (Å²) in [5.41, 5.74) is 12.5. The van der Waals surface area contributed by atoms with E-state index in [1.807, 2.05) is 41.4 Å². The molecule has 0 saturated carbocycles. The molecule has 10 rings (SSSR count). The second-order valence-electron chi connectivity index (χ2n) is 13.3. The van der Waals surface area contributed by atoms with Crippen molar-refractivity contribution in [2.75, 3.05) is 0 Å². The van der Waals surface area contributed by atoms with Crippen LogP contribution in [-0.2, 0) is 0 Å². The van der Waals surface area contributed by atoms with Gasteiger partial charge in [0.1, 0.15) is 17.3 Å². The maximum Gasteiger partial charge on any atom is 0.155 e. The van der Waals surface area contributed by atoms with Crippen molar-refractivity contribution in [3.63, 3.8) is 0 Å².